The van der Waals surface area contributed by atoms with Crippen molar-refractivity contribution in [3.05, 3.63) is 0 Å². The molecule has 1 amide bonds. The number of hydrogen-bond acceptors (Lipinski definition) is 2. The molecule has 3 aliphatic rings. The number of carbonyl (C=O) groups is 1. The Hall–Kier alpha value is -0.570. The van der Waals surface area contributed by atoms with Gasteiger partial charge in [-0.3, -0.25) is 4.79 Å². The van der Waals surface area contributed by atoms with Gasteiger partial charge >= 0.3 is 0 Å². The minimum Gasteiger partial charge on any atom is -0.378 e. The number of fused-ring (bicyclic) bond motifs is 1. The maximum atomic E-state index is 11.8. The van der Waals surface area contributed by atoms with Crippen LogP contribution in [0.3, 0.4) is 0 Å². The van der Waals surface area contributed by atoms with Gasteiger partial charge in [0.1, 0.15) is 0 Å². The second kappa shape index (κ2) is 3.46. The molecule has 3 fully saturated rings. The lowest BCUT2D eigenvalue weighted by Gasteiger charge is -2.44. The van der Waals surface area contributed by atoms with Gasteiger partial charge in [0, 0.05) is 17.4 Å². The Kier molecular flexibility index (Phi) is 2.29. The highest BCUT2D eigenvalue weighted by Gasteiger charge is 2.60. The Balaban J connectivity index is 1.92. The summed E-state index contributed by atoms with van der Waals surface area (Å²) in [5, 5.41) is 3.30. The summed E-state index contributed by atoms with van der Waals surface area (Å²) in [7, 11) is 0. The lowest BCUT2D eigenvalue weighted by atomic mass is 9.63. The summed E-state index contributed by atoms with van der Waals surface area (Å²) in [4.78, 5) is 11.8. The highest BCUT2D eigenvalue weighted by molar-refractivity contribution is 5.81. The quantitative estimate of drug-likeness (QED) is 0.682. The fourth-order valence-electron chi connectivity index (χ4n) is 4.16. The fraction of sp³-hybridized carbons (Fsp3) is 0.923. The molecule has 2 heterocycles. The summed E-state index contributed by atoms with van der Waals surface area (Å²) in [6, 6.07) is 0. The van der Waals surface area contributed by atoms with Crippen LogP contribution in [0.15, 0.2) is 0 Å². The van der Waals surface area contributed by atoms with E-state index in [2.05, 4.69) is 12.2 Å². The first-order valence-electron chi connectivity index (χ1n) is 6.59. The van der Waals surface area contributed by atoms with Gasteiger partial charge in [-0.2, -0.15) is 0 Å². The smallest absolute Gasteiger partial charge is 0.221 e. The van der Waals surface area contributed by atoms with Crippen LogP contribution >= 0.6 is 0 Å². The van der Waals surface area contributed by atoms with E-state index in [-0.39, 0.29) is 16.9 Å². The molecule has 1 aliphatic carbocycles. The highest BCUT2D eigenvalue weighted by Crippen LogP contribution is 2.54. The Labute approximate surface area is 96.9 Å². The number of rotatable bonds is 0. The molecule has 2 unspecified atom stereocenters. The van der Waals surface area contributed by atoms with E-state index in [9.17, 15) is 4.79 Å². The molecule has 2 atom stereocenters. The van der Waals surface area contributed by atoms with Crippen molar-refractivity contribution in [2.75, 3.05) is 6.61 Å². The second-order valence-corrected chi connectivity index (χ2v) is 5.97. The van der Waals surface area contributed by atoms with E-state index >= 15 is 0 Å². The zero-order chi connectivity index (χ0) is 11.2. The van der Waals surface area contributed by atoms with E-state index in [1.165, 1.54) is 19.3 Å². The zero-order valence-electron chi connectivity index (χ0n) is 10.1. The molecule has 2 aliphatic heterocycles. The third kappa shape index (κ3) is 1.33. The van der Waals surface area contributed by atoms with Crippen LogP contribution in [0.25, 0.3) is 0 Å². The normalized spacial score (nSPS) is 41.8. The first kappa shape index (κ1) is 10.6. The maximum Gasteiger partial charge on any atom is 0.221 e. The van der Waals surface area contributed by atoms with Crippen molar-refractivity contribution in [3.8, 4) is 0 Å². The number of carbonyl (C=O) groups excluding carboxylic acids is 1. The average molecular weight is 223 g/mol. The Bertz CT molecular complexity index is 296. The van der Waals surface area contributed by atoms with E-state index in [0.29, 0.717) is 12.5 Å². The van der Waals surface area contributed by atoms with Crippen LogP contribution in [0.5, 0.6) is 0 Å². The van der Waals surface area contributed by atoms with Crippen molar-refractivity contribution < 1.29 is 9.53 Å². The largest absolute Gasteiger partial charge is 0.378 e. The molecule has 0 aromatic carbocycles. The molecule has 2 spiro atoms. The van der Waals surface area contributed by atoms with Gasteiger partial charge in [0.15, 0.2) is 0 Å². The molecule has 1 saturated carbocycles. The molecule has 0 radical (unpaired) electrons. The van der Waals surface area contributed by atoms with Crippen LogP contribution < -0.4 is 5.32 Å². The highest BCUT2D eigenvalue weighted by atomic mass is 16.5. The van der Waals surface area contributed by atoms with Crippen LogP contribution in [0.1, 0.15) is 51.9 Å². The first-order valence-corrected chi connectivity index (χ1v) is 6.59. The van der Waals surface area contributed by atoms with Gasteiger partial charge in [0.25, 0.3) is 0 Å². The van der Waals surface area contributed by atoms with Crippen LogP contribution in [-0.2, 0) is 9.53 Å². The van der Waals surface area contributed by atoms with Gasteiger partial charge in [0.2, 0.25) is 5.91 Å². The number of ether oxygens (including phenoxy) is 1. The van der Waals surface area contributed by atoms with Crippen LogP contribution in [0.4, 0.5) is 0 Å². The Morgan fingerprint density at radius 1 is 1.31 bits per heavy atom. The molecule has 16 heavy (non-hydrogen) atoms. The van der Waals surface area contributed by atoms with Crippen LogP contribution in [-0.4, -0.2) is 24.2 Å². The van der Waals surface area contributed by atoms with Crippen molar-refractivity contribution in [1.29, 1.82) is 0 Å². The molecule has 90 valence electrons. The molecule has 2 saturated heterocycles. The Morgan fingerprint density at radius 2 is 2.06 bits per heavy atom. The van der Waals surface area contributed by atoms with Gasteiger partial charge in [-0.05, 0) is 26.2 Å². The maximum absolute atomic E-state index is 11.8. The Morgan fingerprint density at radius 3 is 2.69 bits per heavy atom. The molecule has 1 N–H and O–H groups in total. The SMILES string of the molecule is CC1CC2(CO1)CC(=O)NC21CCCCC1. The third-order valence-electron chi connectivity index (χ3n) is 4.92. The molecule has 3 nitrogen and oxygen atoms in total. The van der Waals surface area contributed by atoms with Gasteiger partial charge < -0.3 is 10.1 Å². The summed E-state index contributed by atoms with van der Waals surface area (Å²) in [5.41, 5.74) is 0.191. The van der Waals surface area contributed by atoms with Gasteiger partial charge in [-0.25, -0.2) is 0 Å². The fourth-order valence-corrected chi connectivity index (χ4v) is 4.16. The predicted octanol–water partition coefficient (Wildman–Crippen LogP) is 2.00. The molecule has 0 aromatic rings. The first-order chi connectivity index (χ1) is 7.66. The minimum atomic E-state index is 0.0765. The summed E-state index contributed by atoms with van der Waals surface area (Å²) in [6.07, 6.45) is 8.25. The monoisotopic (exact) mass is 223 g/mol. The topological polar surface area (TPSA) is 38.3 Å². The number of amides is 1. The molecule has 3 heteroatoms. The molecule has 0 bridgehead atoms. The number of hydrogen-bond donors (Lipinski definition) is 1. The third-order valence-corrected chi connectivity index (χ3v) is 4.92. The molecule has 3 rings (SSSR count). The number of nitrogens with one attached hydrogen (secondary N) is 1. The van der Waals surface area contributed by atoms with Gasteiger partial charge in [0.05, 0.1) is 12.7 Å². The second-order valence-electron chi connectivity index (χ2n) is 5.97. The van der Waals surface area contributed by atoms with Gasteiger partial charge in [-0.1, -0.05) is 19.3 Å². The van der Waals surface area contributed by atoms with Crippen LogP contribution in [0, 0.1) is 5.41 Å². The van der Waals surface area contributed by atoms with E-state index in [1.54, 1.807) is 0 Å². The van der Waals surface area contributed by atoms with Crippen molar-refractivity contribution in [1.82, 2.24) is 5.32 Å². The van der Waals surface area contributed by atoms with Gasteiger partial charge in [-0.15, -0.1) is 0 Å². The van der Waals surface area contributed by atoms with E-state index in [4.69, 9.17) is 4.74 Å². The van der Waals surface area contributed by atoms with Crippen molar-refractivity contribution in [3.63, 3.8) is 0 Å². The van der Waals surface area contributed by atoms with Crippen molar-refractivity contribution in [2.45, 2.75) is 63.5 Å². The molecular formula is C13H21NO2. The van der Waals surface area contributed by atoms with E-state index in [1.807, 2.05) is 0 Å². The van der Waals surface area contributed by atoms with Crippen LogP contribution in [0.2, 0.25) is 0 Å². The lowest BCUT2D eigenvalue weighted by molar-refractivity contribution is -0.120. The minimum absolute atomic E-state index is 0.0765. The average Bonchev–Trinajstić information content (AvgIpc) is 2.72. The summed E-state index contributed by atoms with van der Waals surface area (Å²) >= 11 is 0. The zero-order valence-corrected chi connectivity index (χ0v) is 10.1. The predicted molar refractivity (Wildman–Crippen MR) is 61.0 cm³/mol. The standard InChI is InChI=1S/C13H21NO2/c1-10-7-12(9-16-10)8-11(15)14-13(12)5-3-2-4-6-13/h10H,2-9H2,1H3,(H,14,15). The van der Waals surface area contributed by atoms with E-state index in [0.717, 1.165) is 25.9 Å². The summed E-state index contributed by atoms with van der Waals surface area (Å²) < 4.78 is 5.77. The van der Waals surface area contributed by atoms with Crippen molar-refractivity contribution in [2.24, 2.45) is 5.41 Å². The summed E-state index contributed by atoms with van der Waals surface area (Å²) in [5.74, 6) is 0.250. The summed E-state index contributed by atoms with van der Waals surface area (Å²) in [6.45, 7) is 2.92. The molecule has 0 aromatic heterocycles. The van der Waals surface area contributed by atoms with Crippen molar-refractivity contribution >= 4 is 5.91 Å². The van der Waals surface area contributed by atoms with E-state index < -0.39 is 0 Å². The molecular weight excluding hydrogens is 202 g/mol. The lowest BCUT2D eigenvalue weighted by Crippen LogP contribution is -2.54.